The van der Waals surface area contributed by atoms with Crippen LogP contribution in [0.5, 0.6) is 0 Å². The number of carbonyl (C=O) groups is 4. The van der Waals surface area contributed by atoms with Crippen LogP contribution in [0.25, 0.3) is 10.9 Å². The van der Waals surface area contributed by atoms with Gasteiger partial charge in [0.25, 0.3) is 11.8 Å². The molecule has 3 aliphatic rings. The highest BCUT2D eigenvalue weighted by atomic mass is 32.2. The summed E-state index contributed by atoms with van der Waals surface area (Å²) in [6.45, 7) is -0.474. The first-order valence-electron chi connectivity index (χ1n) is 15.7. The Hall–Kier alpha value is -5.15. The third-order valence-corrected chi connectivity index (χ3v) is 10.6. The molecule has 5 heterocycles. The quantitative estimate of drug-likeness (QED) is 0.103. The predicted octanol–water partition coefficient (Wildman–Crippen LogP) is 1.14. The molecule has 0 unspecified atom stereocenters. The molecular weight excluding hydrogens is 734 g/mol. The third kappa shape index (κ3) is 7.15. The summed E-state index contributed by atoms with van der Waals surface area (Å²) in [5.74, 6) is -6.43. The first kappa shape index (κ1) is 36.6. The first-order chi connectivity index (χ1) is 24.9. The zero-order valence-electron chi connectivity index (χ0n) is 27.3. The number of hydrogen-bond donors (Lipinski definition) is 3. The van der Waals surface area contributed by atoms with Gasteiger partial charge in [-0.05, 0) is 13.1 Å². The number of oxime groups is 1. The van der Waals surface area contributed by atoms with Crippen molar-refractivity contribution < 1.29 is 47.0 Å². The molecule has 2 fully saturated rings. The molecule has 0 saturated carbocycles. The first-order valence-corrected chi connectivity index (χ1v) is 17.6. The van der Waals surface area contributed by atoms with E-state index in [9.17, 15) is 33.5 Å². The minimum Gasteiger partial charge on any atom is -0.477 e. The lowest BCUT2D eigenvalue weighted by atomic mass is 10.0. The van der Waals surface area contributed by atoms with Crippen LogP contribution in [0.15, 0.2) is 38.9 Å². The van der Waals surface area contributed by atoms with Crippen molar-refractivity contribution in [1.29, 1.82) is 0 Å². The van der Waals surface area contributed by atoms with Gasteiger partial charge in [0.2, 0.25) is 5.43 Å². The molecule has 16 nitrogen and oxygen atoms in total. The molecule has 0 aliphatic carbocycles. The molecule has 276 valence electrons. The van der Waals surface area contributed by atoms with Crippen molar-refractivity contribution in [3.63, 3.8) is 0 Å². The van der Waals surface area contributed by atoms with Gasteiger partial charge in [-0.2, -0.15) is 0 Å². The number of fused-ring (bicyclic) bond motifs is 2. The number of anilines is 2. The van der Waals surface area contributed by atoms with E-state index in [2.05, 4.69) is 15.5 Å². The van der Waals surface area contributed by atoms with Crippen LogP contribution in [0.3, 0.4) is 0 Å². The maximum atomic E-state index is 15.9. The number of likely N-dealkylation sites (N-methyl/N-ethyl adjacent to an activating group) is 1. The SMILES string of the molecule is CN1CCN(c2c(F)cc3c(=O)c(C(=O)OCC4=C(C(=O)O)N5C(=O)[C@@H](NC(=O)/C=N\OCc6csc(N)n6)[C@H]5SC4)cn(CCF)c3c2F)CC1. The van der Waals surface area contributed by atoms with Crippen molar-refractivity contribution in [2.45, 2.75) is 24.6 Å². The Bertz CT molecular complexity index is 2070. The van der Waals surface area contributed by atoms with E-state index in [0.29, 0.717) is 37.0 Å². The number of nitrogens with two attached hydrogens (primary N) is 1. The number of β-lactam (4-membered cyclic amide) rings is 1. The number of thioether (sulfide) groups is 1. The lowest BCUT2D eigenvalue weighted by Gasteiger charge is -2.49. The number of nitrogens with one attached hydrogen (secondary N) is 1. The maximum Gasteiger partial charge on any atom is 0.352 e. The molecule has 52 heavy (non-hydrogen) atoms. The number of aliphatic carboxylic acids is 1. The Morgan fingerprint density at radius 3 is 2.62 bits per heavy atom. The van der Waals surface area contributed by atoms with Crippen molar-refractivity contribution in [3.8, 4) is 0 Å². The number of rotatable bonds is 12. The minimum absolute atomic E-state index is 0.0108. The van der Waals surface area contributed by atoms with Crippen LogP contribution in [0, 0.1) is 11.6 Å². The summed E-state index contributed by atoms with van der Waals surface area (Å²) in [5, 5.41) is 16.6. The second kappa shape index (κ2) is 15.2. The number of amides is 2. The summed E-state index contributed by atoms with van der Waals surface area (Å²) < 4.78 is 51.2. The van der Waals surface area contributed by atoms with Gasteiger partial charge in [-0.3, -0.25) is 19.3 Å². The number of nitrogens with zero attached hydrogens (tertiary/aromatic N) is 6. The fraction of sp³-hybridized carbons (Fsp3) is 0.387. The van der Waals surface area contributed by atoms with Gasteiger partial charge in [0.05, 0.1) is 23.1 Å². The van der Waals surface area contributed by atoms with Crippen LogP contribution in [-0.2, 0) is 37.1 Å². The molecule has 0 radical (unpaired) electrons. The number of pyridine rings is 1. The molecule has 0 spiro atoms. The summed E-state index contributed by atoms with van der Waals surface area (Å²) in [6.07, 6.45) is 1.73. The second-order valence-corrected chi connectivity index (χ2v) is 13.9. The monoisotopic (exact) mass is 764 g/mol. The number of aromatic nitrogens is 2. The molecule has 2 amide bonds. The molecular formula is C31H31F3N8O8S2. The molecule has 4 N–H and O–H groups in total. The predicted molar refractivity (Wildman–Crippen MR) is 184 cm³/mol. The highest BCUT2D eigenvalue weighted by Crippen LogP contribution is 2.40. The van der Waals surface area contributed by atoms with Gasteiger partial charge in [-0.15, -0.1) is 23.1 Å². The van der Waals surface area contributed by atoms with Gasteiger partial charge in [-0.25, -0.2) is 27.7 Å². The van der Waals surface area contributed by atoms with Crippen LogP contribution in [0.4, 0.5) is 24.0 Å². The number of nitrogen functional groups attached to an aromatic ring is 1. The Morgan fingerprint density at radius 2 is 1.94 bits per heavy atom. The number of carboxylic acids is 1. The number of ether oxygens (including phenoxy) is 1. The van der Waals surface area contributed by atoms with Crippen LogP contribution < -0.4 is 21.4 Å². The molecule has 3 aliphatic heterocycles. The van der Waals surface area contributed by atoms with E-state index in [4.69, 9.17) is 15.3 Å². The van der Waals surface area contributed by atoms with Crippen molar-refractivity contribution >= 4 is 74.8 Å². The van der Waals surface area contributed by atoms with Gasteiger partial charge in [0.15, 0.2) is 17.6 Å². The smallest absolute Gasteiger partial charge is 0.352 e. The number of piperazine rings is 1. The minimum atomic E-state index is -1.51. The fourth-order valence-electron chi connectivity index (χ4n) is 6.00. The van der Waals surface area contributed by atoms with Gasteiger partial charge < -0.3 is 40.1 Å². The topological polar surface area (TPSA) is 202 Å². The van der Waals surface area contributed by atoms with Crippen LogP contribution >= 0.6 is 23.1 Å². The number of hydrogen-bond acceptors (Lipinski definition) is 14. The number of alkyl halides is 1. The highest BCUT2D eigenvalue weighted by molar-refractivity contribution is 8.00. The van der Waals surface area contributed by atoms with E-state index < -0.39 is 88.7 Å². The summed E-state index contributed by atoms with van der Waals surface area (Å²) in [7, 11) is 1.87. The number of carboxylic acid groups (broad SMARTS) is 1. The standard InChI is InChI=1S/C31H31F3N8O8S2/c1-39-4-6-40(7-5-39)25-19(33)8-17-24(21(25)34)41(3-2-32)10-18(26(17)44)30(48)49-11-15-13-51-28-22(27(45)42(28)23(15)29(46)47)38-20(43)9-36-50-12-16-14-52-31(35)37-16/h8-10,14,22,28H,2-7,11-13H2,1H3,(H2,35,37)(H,38,43)(H,46,47)/b36-9-/t22-,28-/m1/s1. The van der Waals surface area contributed by atoms with E-state index in [1.165, 1.54) is 16.2 Å². The van der Waals surface area contributed by atoms with E-state index >= 15 is 8.78 Å². The summed E-state index contributed by atoms with van der Waals surface area (Å²) in [6, 6.07) is -0.282. The lowest BCUT2D eigenvalue weighted by molar-refractivity contribution is -0.150. The van der Waals surface area contributed by atoms with Gasteiger partial charge in [-0.1, -0.05) is 5.16 Å². The van der Waals surface area contributed by atoms with Gasteiger partial charge >= 0.3 is 11.9 Å². The number of esters is 1. The van der Waals surface area contributed by atoms with E-state index in [-0.39, 0.29) is 29.1 Å². The van der Waals surface area contributed by atoms with Crippen LogP contribution in [-0.4, -0.2) is 118 Å². The Balaban J connectivity index is 1.16. The van der Waals surface area contributed by atoms with E-state index in [0.717, 1.165) is 39.7 Å². The summed E-state index contributed by atoms with van der Waals surface area (Å²) in [5.41, 5.74) is 3.12. The molecule has 0 bridgehead atoms. The highest BCUT2D eigenvalue weighted by Gasteiger charge is 2.54. The molecule has 2 saturated heterocycles. The van der Waals surface area contributed by atoms with Crippen LogP contribution in [0.1, 0.15) is 16.1 Å². The van der Waals surface area contributed by atoms with Crippen molar-refractivity contribution in [2.24, 2.45) is 5.16 Å². The average molecular weight is 765 g/mol. The number of benzene rings is 1. The van der Waals surface area contributed by atoms with Gasteiger partial charge in [0.1, 0.15) is 53.7 Å². The number of carbonyl (C=O) groups excluding carboxylic acids is 3. The molecule has 2 aromatic heterocycles. The van der Waals surface area contributed by atoms with Gasteiger partial charge in [0, 0.05) is 49.1 Å². The van der Waals surface area contributed by atoms with Crippen molar-refractivity contribution in [1.82, 2.24) is 24.7 Å². The zero-order valence-corrected chi connectivity index (χ0v) is 29.0. The molecule has 21 heteroatoms. The summed E-state index contributed by atoms with van der Waals surface area (Å²) in [4.78, 5) is 77.7. The second-order valence-electron chi connectivity index (χ2n) is 11.9. The van der Waals surface area contributed by atoms with Crippen LogP contribution in [0.2, 0.25) is 0 Å². The molecule has 2 atom stereocenters. The molecule has 1 aromatic carbocycles. The molecule has 3 aromatic rings. The average Bonchev–Trinajstić information content (AvgIpc) is 3.53. The van der Waals surface area contributed by atoms with E-state index in [1.54, 1.807) is 5.38 Å². The maximum absolute atomic E-state index is 15.9. The van der Waals surface area contributed by atoms with E-state index in [1.807, 2.05) is 11.9 Å². The third-order valence-electron chi connectivity index (χ3n) is 8.55. The number of aryl methyl sites for hydroxylation is 1. The lowest BCUT2D eigenvalue weighted by Crippen LogP contribution is -2.70. The molecule has 6 rings (SSSR count). The van der Waals surface area contributed by atoms with Crippen molar-refractivity contribution in [2.75, 3.05) is 62.9 Å². The zero-order chi connectivity index (χ0) is 37.3. The number of thiazole rings is 1. The Labute approximate surface area is 300 Å². The number of halogens is 3. The largest absolute Gasteiger partial charge is 0.477 e. The Morgan fingerprint density at radius 1 is 1.19 bits per heavy atom. The fourth-order valence-corrected chi connectivity index (χ4v) is 7.88. The normalized spacial score (nSPS) is 19.2. The Kier molecular flexibility index (Phi) is 10.7. The van der Waals surface area contributed by atoms with Crippen molar-refractivity contribution in [3.05, 3.63) is 62.0 Å². The summed E-state index contributed by atoms with van der Waals surface area (Å²) >= 11 is 2.29.